The Bertz CT molecular complexity index is 324. The maximum atomic E-state index is 12.1. The molecule has 0 unspecified atom stereocenters. The van der Waals surface area contributed by atoms with Crippen LogP contribution in [-0.2, 0) is 4.79 Å². The van der Waals surface area contributed by atoms with E-state index in [2.05, 4.69) is 33.8 Å². The Labute approximate surface area is 92.9 Å². The van der Waals surface area contributed by atoms with Gasteiger partial charge in [-0.25, -0.2) is 0 Å². The molecular formula is C14H22O. The fraction of sp³-hybridized carbons (Fsp3) is 0.786. The summed E-state index contributed by atoms with van der Waals surface area (Å²) in [7, 11) is 0. The van der Waals surface area contributed by atoms with Crippen molar-refractivity contribution in [3.63, 3.8) is 0 Å². The molecule has 0 saturated heterocycles. The van der Waals surface area contributed by atoms with E-state index in [1.165, 1.54) is 5.57 Å². The first-order valence-electron chi connectivity index (χ1n) is 6.05. The van der Waals surface area contributed by atoms with Gasteiger partial charge in [-0.3, -0.25) is 4.79 Å². The summed E-state index contributed by atoms with van der Waals surface area (Å²) >= 11 is 0. The topological polar surface area (TPSA) is 17.1 Å². The highest BCUT2D eigenvalue weighted by molar-refractivity contribution is 5.86. The van der Waals surface area contributed by atoms with Crippen LogP contribution in [0.3, 0.4) is 0 Å². The minimum atomic E-state index is -0.0682. The largest absolute Gasteiger partial charge is 0.299 e. The zero-order chi connectivity index (χ0) is 11.3. The van der Waals surface area contributed by atoms with Gasteiger partial charge in [0.15, 0.2) is 0 Å². The van der Waals surface area contributed by atoms with Crippen LogP contribution >= 0.6 is 0 Å². The summed E-state index contributed by atoms with van der Waals surface area (Å²) < 4.78 is 0. The van der Waals surface area contributed by atoms with Crippen LogP contribution in [0.5, 0.6) is 0 Å². The smallest absolute Gasteiger partial charge is 0.139 e. The predicted octanol–water partition coefficient (Wildman–Crippen LogP) is 3.74. The summed E-state index contributed by atoms with van der Waals surface area (Å²) in [5.74, 6) is 1.05. The van der Waals surface area contributed by atoms with Crippen molar-refractivity contribution in [3.05, 3.63) is 11.6 Å². The van der Waals surface area contributed by atoms with Gasteiger partial charge in [-0.15, -0.1) is 0 Å². The summed E-state index contributed by atoms with van der Waals surface area (Å²) in [4.78, 5) is 12.1. The molecule has 1 nitrogen and oxygen atoms in total. The SMILES string of the molecule is CC1=CC[C@@]2(C)C(=O)CCC(C)(C)[C@H]2C1. The molecule has 0 bridgehead atoms. The lowest BCUT2D eigenvalue weighted by Crippen LogP contribution is -2.49. The quantitative estimate of drug-likeness (QED) is 0.552. The predicted molar refractivity (Wildman–Crippen MR) is 62.6 cm³/mol. The van der Waals surface area contributed by atoms with E-state index < -0.39 is 0 Å². The van der Waals surface area contributed by atoms with Gasteiger partial charge < -0.3 is 0 Å². The van der Waals surface area contributed by atoms with Gasteiger partial charge in [-0.1, -0.05) is 32.4 Å². The Balaban J connectivity index is 2.40. The van der Waals surface area contributed by atoms with Gasteiger partial charge in [0.05, 0.1) is 0 Å². The Morgan fingerprint density at radius 1 is 1.33 bits per heavy atom. The van der Waals surface area contributed by atoms with E-state index in [0.29, 0.717) is 17.1 Å². The third kappa shape index (κ3) is 1.56. The molecule has 0 N–H and O–H groups in total. The van der Waals surface area contributed by atoms with Crippen LogP contribution in [0.15, 0.2) is 11.6 Å². The molecular weight excluding hydrogens is 184 g/mol. The second-order valence-corrected chi connectivity index (χ2v) is 6.34. The van der Waals surface area contributed by atoms with Crippen molar-refractivity contribution in [2.45, 2.75) is 53.4 Å². The van der Waals surface area contributed by atoms with Gasteiger partial charge in [0.25, 0.3) is 0 Å². The van der Waals surface area contributed by atoms with Crippen LogP contribution < -0.4 is 0 Å². The third-order valence-electron chi connectivity index (χ3n) is 4.75. The fourth-order valence-electron chi connectivity index (χ4n) is 3.50. The monoisotopic (exact) mass is 206 g/mol. The molecule has 2 atom stereocenters. The third-order valence-corrected chi connectivity index (χ3v) is 4.75. The van der Waals surface area contributed by atoms with E-state index in [0.717, 1.165) is 25.7 Å². The average Bonchev–Trinajstić information content (AvgIpc) is 2.16. The second-order valence-electron chi connectivity index (χ2n) is 6.34. The van der Waals surface area contributed by atoms with Crippen molar-refractivity contribution in [2.75, 3.05) is 0 Å². The van der Waals surface area contributed by atoms with Crippen molar-refractivity contribution in [1.29, 1.82) is 0 Å². The molecule has 0 radical (unpaired) electrons. The lowest BCUT2D eigenvalue weighted by atomic mass is 9.52. The van der Waals surface area contributed by atoms with Crippen LogP contribution in [-0.4, -0.2) is 5.78 Å². The zero-order valence-electron chi connectivity index (χ0n) is 10.4. The van der Waals surface area contributed by atoms with Crippen LogP contribution in [0.25, 0.3) is 0 Å². The first-order chi connectivity index (χ1) is 6.86. The Morgan fingerprint density at radius 3 is 2.67 bits per heavy atom. The van der Waals surface area contributed by atoms with E-state index in [9.17, 15) is 4.79 Å². The highest BCUT2D eigenvalue weighted by atomic mass is 16.1. The molecule has 2 aliphatic carbocycles. The summed E-state index contributed by atoms with van der Waals surface area (Å²) in [6, 6.07) is 0. The molecule has 2 rings (SSSR count). The highest BCUT2D eigenvalue weighted by Crippen LogP contribution is 2.55. The first-order valence-corrected chi connectivity index (χ1v) is 6.05. The maximum Gasteiger partial charge on any atom is 0.139 e. The van der Waals surface area contributed by atoms with Crippen molar-refractivity contribution >= 4 is 5.78 Å². The van der Waals surface area contributed by atoms with E-state index >= 15 is 0 Å². The van der Waals surface area contributed by atoms with Gasteiger partial charge in [0, 0.05) is 11.8 Å². The molecule has 0 aromatic rings. The van der Waals surface area contributed by atoms with Crippen molar-refractivity contribution in [3.8, 4) is 0 Å². The van der Waals surface area contributed by atoms with Crippen LogP contribution in [0, 0.1) is 16.7 Å². The number of allylic oxidation sites excluding steroid dienone is 2. The summed E-state index contributed by atoms with van der Waals surface area (Å²) in [6.07, 6.45) is 6.21. The van der Waals surface area contributed by atoms with Gasteiger partial charge >= 0.3 is 0 Å². The van der Waals surface area contributed by atoms with Gasteiger partial charge in [0.1, 0.15) is 5.78 Å². The molecule has 1 heteroatoms. The van der Waals surface area contributed by atoms with Crippen molar-refractivity contribution in [1.82, 2.24) is 0 Å². The normalized spacial score (nSPS) is 39.6. The van der Waals surface area contributed by atoms with Crippen LogP contribution in [0.1, 0.15) is 53.4 Å². The first kappa shape index (κ1) is 10.9. The number of Topliss-reactive ketones (excluding diaryl/α,β-unsaturated/α-hetero) is 1. The number of hydrogen-bond donors (Lipinski definition) is 0. The van der Waals surface area contributed by atoms with Crippen LogP contribution in [0.4, 0.5) is 0 Å². The lowest BCUT2D eigenvalue weighted by molar-refractivity contribution is -0.141. The van der Waals surface area contributed by atoms with Crippen molar-refractivity contribution < 1.29 is 4.79 Å². The number of carbonyl (C=O) groups is 1. The van der Waals surface area contributed by atoms with Gasteiger partial charge in [-0.2, -0.15) is 0 Å². The number of rotatable bonds is 0. The molecule has 0 aliphatic heterocycles. The highest BCUT2D eigenvalue weighted by Gasteiger charge is 2.51. The van der Waals surface area contributed by atoms with Gasteiger partial charge in [-0.05, 0) is 37.5 Å². The standard InChI is InChI=1S/C14H22O/c1-10-5-8-14(4)11(9-10)13(2,3)7-6-12(14)15/h5,11H,6-9H2,1-4H3/t11-,14-/m1/s1. The van der Waals surface area contributed by atoms with Crippen LogP contribution in [0.2, 0.25) is 0 Å². The molecule has 2 aliphatic rings. The molecule has 1 saturated carbocycles. The van der Waals surface area contributed by atoms with Crippen molar-refractivity contribution in [2.24, 2.45) is 16.7 Å². The Morgan fingerprint density at radius 2 is 2.00 bits per heavy atom. The summed E-state index contributed by atoms with van der Waals surface area (Å²) in [6.45, 7) is 9.06. The minimum Gasteiger partial charge on any atom is -0.299 e. The molecule has 15 heavy (non-hydrogen) atoms. The number of hydrogen-bond acceptors (Lipinski definition) is 1. The summed E-state index contributed by atoms with van der Waals surface area (Å²) in [5, 5.41) is 0. The average molecular weight is 206 g/mol. The van der Waals surface area contributed by atoms with E-state index in [1.807, 2.05) is 0 Å². The summed E-state index contributed by atoms with van der Waals surface area (Å²) in [5.41, 5.74) is 1.74. The molecule has 1 fully saturated rings. The molecule has 0 spiro atoms. The Hall–Kier alpha value is -0.590. The molecule has 0 aromatic heterocycles. The Kier molecular flexibility index (Phi) is 2.33. The van der Waals surface area contributed by atoms with E-state index in [4.69, 9.17) is 0 Å². The number of fused-ring (bicyclic) bond motifs is 1. The molecule has 0 aromatic carbocycles. The minimum absolute atomic E-state index is 0.0682. The second kappa shape index (κ2) is 3.20. The van der Waals surface area contributed by atoms with E-state index in [1.54, 1.807) is 0 Å². The van der Waals surface area contributed by atoms with Gasteiger partial charge in [0.2, 0.25) is 0 Å². The number of carbonyl (C=O) groups excluding carboxylic acids is 1. The van der Waals surface area contributed by atoms with E-state index in [-0.39, 0.29) is 5.41 Å². The fourth-order valence-corrected chi connectivity index (χ4v) is 3.50. The molecule has 0 amide bonds. The lowest BCUT2D eigenvalue weighted by Gasteiger charge is -2.51. The maximum absolute atomic E-state index is 12.1. The molecule has 84 valence electrons. The zero-order valence-corrected chi connectivity index (χ0v) is 10.4. The number of ketones is 1. The molecule has 0 heterocycles.